The van der Waals surface area contributed by atoms with Crippen LogP contribution in [0.2, 0.25) is 0 Å². The van der Waals surface area contributed by atoms with Crippen LogP contribution >= 0.6 is 0 Å². The van der Waals surface area contributed by atoms with Gasteiger partial charge in [-0.15, -0.1) is 0 Å². The fourth-order valence-corrected chi connectivity index (χ4v) is 2.34. The van der Waals surface area contributed by atoms with Crippen molar-refractivity contribution in [3.8, 4) is 0 Å². The highest BCUT2D eigenvalue weighted by atomic mass is 16.6. The topological polar surface area (TPSA) is 73.7 Å². The molecule has 0 spiro atoms. The summed E-state index contributed by atoms with van der Waals surface area (Å²) < 4.78 is 12.4. The molecule has 7 nitrogen and oxygen atoms in total. The van der Waals surface area contributed by atoms with Gasteiger partial charge in [-0.2, -0.15) is 0 Å². The molecule has 1 amide bonds. The Kier molecular flexibility index (Phi) is 4.73. The molecule has 0 fully saturated rings. The molecule has 0 aromatic carbocycles. The summed E-state index contributed by atoms with van der Waals surface area (Å²) >= 11 is 0. The molecule has 122 valence electrons. The highest BCUT2D eigenvalue weighted by Gasteiger charge is 2.32. The van der Waals surface area contributed by atoms with E-state index in [-0.39, 0.29) is 12.5 Å². The van der Waals surface area contributed by atoms with Gasteiger partial charge in [0.15, 0.2) is 0 Å². The fraction of sp³-hybridized carbons (Fsp3) is 0.667. The summed E-state index contributed by atoms with van der Waals surface area (Å²) in [5, 5.41) is 0. The fourth-order valence-electron chi connectivity index (χ4n) is 2.34. The molecule has 2 rings (SSSR count). The van der Waals surface area contributed by atoms with Crippen LogP contribution in [0, 0.1) is 5.92 Å². The molecule has 1 aromatic rings. The number of fused-ring (bicyclic) bond motifs is 1. The summed E-state index contributed by atoms with van der Waals surface area (Å²) in [6, 6.07) is 0. The summed E-state index contributed by atoms with van der Waals surface area (Å²) in [5.74, 6) is -0.736. The van der Waals surface area contributed by atoms with Crippen molar-refractivity contribution in [1.29, 1.82) is 0 Å². The second kappa shape index (κ2) is 6.37. The Morgan fingerprint density at radius 3 is 2.73 bits per heavy atom. The number of amides is 1. The minimum Gasteiger partial charge on any atom is -0.466 e. The zero-order valence-electron chi connectivity index (χ0n) is 13.5. The van der Waals surface area contributed by atoms with Crippen molar-refractivity contribution in [3.63, 3.8) is 0 Å². The number of hydrogen-bond acceptors (Lipinski definition) is 5. The van der Waals surface area contributed by atoms with Crippen LogP contribution in [0.1, 0.15) is 33.4 Å². The third-order valence-electron chi connectivity index (χ3n) is 3.28. The third kappa shape index (κ3) is 3.99. The number of nitrogens with zero attached hydrogens (tertiary/aromatic N) is 3. The average Bonchev–Trinajstić information content (AvgIpc) is 2.74. The number of aromatic nitrogens is 2. The van der Waals surface area contributed by atoms with Gasteiger partial charge in [0.25, 0.3) is 0 Å². The van der Waals surface area contributed by atoms with E-state index in [4.69, 9.17) is 9.47 Å². The lowest BCUT2D eigenvalue weighted by atomic mass is 10.1. The molecule has 0 N–H and O–H groups in total. The van der Waals surface area contributed by atoms with Crippen LogP contribution in [0.15, 0.2) is 12.5 Å². The number of carbonyl (C=O) groups excluding carboxylic acids is 2. The highest BCUT2D eigenvalue weighted by Crippen LogP contribution is 2.20. The molecule has 1 aromatic heterocycles. The Morgan fingerprint density at radius 2 is 2.09 bits per heavy atom. The quantitative estimate of drug-likeness (QED) is 0.779. The summed E-state index contributed by atoms with van der Waals surface area (Å²) in [6.07, 6.45) is 2.93. The zero-order chi connectivity index (χ0) is 16.3. The van der Waals surface area contributed by atoms with Crippen LogP contribution in [0.3, 0.4) is 0 Å². The number of carbonyl (C=O) groups is 2. The molecule has 0 saturated carbocycles. The molecule has 1 unspecified atom stereocenters. The van der Waals surface area contributed by atoms with Crippen LogP contribution in [0.5, 0.6) is 0 Å². The van der Waals surface area contributed by atoms with Crippen LogP contribution in [-0.4, -0.2) is 45.3 Å². The lowest BCUT2D eigenvalue weighted by Crippen LogP contribution is -2.40. The predicted octanol–water partition coefficient (Wildman–Crippen LogP) is 1.81. The predicted molar refractivity (Wildman–Crippen MR) is 79.0 cm³/mol. The van der Waals surface area contributed by atoms with Crippen molar-refractivity contribution in [2.24, 2.45) is 5.92 Å². The molecule has 0 bridgehead atoms. The molecule has 0 saturated heterocycles. The Labute approximate surface area is 130 Å². The maximum atomic E-state index is 12.3. The van der Waals surface area contributed by atoms with Gasteiger partial charge in [-0.1, -0.05) is 0 Å². The lowest BCUT2D eigenvalue weighted by molar-refractivity contribution is -0.148. The smallest absolute Gasteiger partial charge is 0.410 e. The van der Waals surface area contributed by atoms with Gasteiger partial charge < -0.3 is 18.9 Å². The first-order valence-corrected chi connectivity index (χ1v) is 7.43. The molecule has 0 aliphatic carbocycles. The van der Waals surface area contributed by atoms with Crippen LogP contribution in [0.25, 0.3) is 0 Å². The molecule has 7 heteroatoms. The van der Waals surface area contributed by atoms with E-state index >= 15 is 0 Å². The van der Waals surface area contributed by atoms with Gasteiger partial charge in [0.2, 0.25) is 0 Å². The van der Waals surface area contributed by atoms with E-state index < -0.39 is 17.6 Å². The Bertz CT molecular complexity index is 547. The first kappa shape index (κ1) is 16.3. The Hall–Kier alpha value is -2.05. The van der Waals surface area contributed by atoms with E-state index in [1.165, 1.54) is 4.90 Å². The maximum absolute atomic E-state index is 12.3. The SMILES string of the molecule is CCOC(=O)C1CN(C(=O)OC(C)(C)C)Cc2cncn2C1. The van der Waals surface area contributed by atoms with Crippen molar-refractivity contribution in [2.45, 2.75) is 46.4 Å². The van der Waals surface area contributed by atoms with Crippen LogP contribution < -0.4 is 0 Å². The standard InChI is InChI=1S/C15H23N3O4/c1-5-21-13(19)11-7-17(14(20)22-15(2,3)4)9-12-6-16-10-18(12)8-11/h6,10-11H,5,7-9H2,1-4H3. The molecule has 22 heavy (non-hydrogen) atoms. The maximum Gasteiger partial charge on any atom is 0.410 e. The number of imidazole rings is 1. The molecular weight excluding hydrogens is 286 g/mol. The number of esters is 1. The van der Waals surface area contributed by atoms with Crippen LogP contribution in [0.4, 0.5) is 4.79 Å². The second-order valence-corrected chi connectivity index (χ2v) is 6.35. The Balaban J connectivity index is 2.20. The minimum absolute atomic E-state index is 0.273. The summed E-state index contributed by atoms with van der Waals surface area (Å²) in [7, 11) is 0. The van der Waals surface area contributed by atoms with Gasteiger partial charge in [0, 0.05) is 19.3 Å². The van der Waals surface area contributed by atoms with Crippen molar-refractivity contribution in [2.75, 3.05) is 13.2 Å². The van der Waals surface area contributed by atoms with E-state index in [0.717, 1.165) is 5.69 Å². The lowest BCUT2D eigenvalue weighted by Gasteiger charge is -2.27. The number of ether oxygens (including phenoxy) is 2. The largest absolute Gasteiger partial charge is 0.466 e. The highest BCUT2D eigenvalue weighted by molar-refractivity contribution is 5.74. The Morgan fingerprint density at radius 1 is 1.36 bits per heavy atom. The molecule has 1 aliphatic heterocycles. The summed E-state index contributed by atoms with van der Waals surface area (Å²) in [4.78, 5) is 30.1. The van der Waals surface area contributed by atoms with Crippen molar-refractivity contribution in [1.82, 2.24) is 14.5 Å². The van der Waals surface area contributed by atoms with Crippen LogP contribution in [-0.2, 0) is 27.4 Å². The number of rotatable bonds is 2. The summed E-state index contributed by atoms with van der Waals surface area (Å²) in [5.41, 5.74) is 0.293. The first-order valence-electron chi connectivity index (χ1n) is 7.43. The van der Waals surface area contributed by atoms with Crippen molar-refractivity contribution < 1.29 is 19.1 Å². The number of hydrogen-bond donors (Lipinski definition) is 0. The van der Waals surface area contributed by atoms with Gasteiger partial charge in [-0.05, 0) is 27.7 Å². The van der Waals surface area contributed by atoms with Gasteiger partial charge in [-0.25, -0.2) is 9.78 Å². The monoisotopic (exact) mass is 309 g/mol. The average molecular weight is 309 g/mol. The molecular formula is C15H23N3O4. The van der Waals surface area contributed by atoms with Gasteiger partial charge in [0.05, 0.1) is 31.1 Å². The summed E-state index contributed by atoms with van der Waals surface area (Å²) in [6.45, 7) is 8.62. The minimum atomic E-state index is -0.580. The van der Waals surface area contributed by atoms with E-state index in [0.29, 0.717) is 19.7 Å². The molecule has 0 radical (unpaired) electrons. The van der Waals surface area contributed by atoms with E-state index in [1.807, 2.05) is 25.3 Å². The zero-order valence-corrected chi connectivity index (χ0v) is 13.5. The third-order valence-corrected chi connectivity index (χ3v) is 3.28. The van der Waals surface area contributed by atoms with Crippen molar-refractivity contribution in [3.05, 3.63) is 18.2 Å². The van der Waals surface area contributed by atoms with Gasteiger partial charge in [-0.3, -0.25) is 4.79 Å². The van der Waals surface area contributed by atoms with Crippen molar-refractivity contribution >= 4 is 12.1 Å². The second-order valence-electron chi connectivity index (χ2n) is 6.35. The molecule has 2 heterocycles. The van der Waals surface area contributed by atoms with Gasteiger partial charge in [0.1, 0.15) is 5.60 Å². The molecule has 1 aliphatic rings. The van der Waals surface area contributed by atoms with E-state index in [9.17, 15) is 9.59 Å². The van der Waals surface area contributed by atoms with E-state index in [1.54, 1.807) is 19.4 Å². The normalized spacial score (nSPS) is 18.4. The van der Waals surface area contributed by atoms with E-state index in [2.05, 4.69) is 4.98 Å². The molecule has 1 atom stereocenters. The van der Waals surface area contributed by atoms with Gasteiger partial charge >= 0.3 is 12.1 Å². The first-order chi connectivity index (χ1) is 10.3.